The summed E-state index contributed by atoms with van der Waals surface area (Å²) < 4.78 is 4.38. The minimum Gasteiger partial charge on any atom is -0.469 e. The predicted molar refractivity (Wildman–Crippen MR) is 50.2 cm³/mol. The molecule has 0 spiro atoms. The molecule has 0 rings (SSSR count). The maximum Gasteiger partial charge on any atom is 0.313 e. The van der Waals surface area contributed by atoms with Crippen molar-refractivity contribution in [3.05, 3.63) is 23.8 Å². The number of ether oxygens (including phenoxy) is 1. The van der Waals surface area contributed by atoms with Gasteiger partial charge < -0.3 is 4.74 Å². The molecule has 3 heteroatoms. The average molecular weight is 182 g/mol. The molecule has 0 heterocycles. The Morgan fingerprint density at radius 2 is 1.92 bits per heavy atom. The third-order valence-electron chi connectivity index (χ3n) is 1.51. The molecule has 13 heavy (non-hydrogen) atoms. The van der Waals surface area contributed by atoms with Crippen LogP contribution in [0.15, 0.2) is 23.8 Å². The molecule has 3 nitrogen and oxygen atoms in total. The molecule has 0 aromatic carbocycles. The van der Waals surface area contributed by atoms with Crippen molar-refractivity contribution in [3.63, 3.8) is 0 Å². The van der Waals surface area contributed by atoms with Crippen LogP contribution in [0, 0.1) is 0 Å². The lowest BCUT2D eigenvalue weighted by molar-refractivity contribution is -0.142. The summed E-state index contributed by atoms with van der Waals surface area (Å²) in [4.78, 5) is 22.1. The van der Waals surface area contributed by atoms with E-state index >= 15 is 0 Å². The molecule has 0 saturated carbocycles. The Kier molecular flexibility index (Phi) is 5.52. The number of allylic oxidation sites excluding steroid dienone is 4. The van der Waals surface area contributed by atoms with E-state index in [0.29, 0.717) is 5.57 Å². The van der Waals surface area contributed by atoms with Gasteiger partial charge in [0.15, 0.2) is 5.78 Å². The minimum atomic E-state index is -0.506. The van der Waals surface area contributed by atoms with Gasteiger partial charge in [-0.15, -0.1) is 0 Å². The molecular weight excluding hydrogens is 168 g/mol. The van der Waals surface area contributed by atoms with Gasteiger partial charge in [-0.1, -0.05) is 18.2 Å². The van der Waals surface area contributed by atoms with Crippen molar-refractivity contribution >= 4 is 11.8 Å². The number of carbonyl (C=O) groups is 2. The van der Waals surface area contributed by atoms with Crippen LogP contribution < -0.4 is 0 Å². The molecule has 0 radical (unpaired) electrons. The first-order chi connectivity index (χ1) is 6.15. The van der Waals surface area contributed by atoms with Gasteiger partial charge in [0.1, 0.15) is 6.42 Å². The Hall–Kier alpha value is -1.38. The molecule has 0 saturated heterocycles. The van der Waals surface area contributed by atoms with Crippen molar-refractivity contribution in [2.24, 2.45) is 0 Å². The van der Waals surface area contributed by atoms with E-state index < -0.39 is 5.97 Å². The SMILES string of the molecule is C/C=C\C(=C/C)C(=O)CC(=O)OC. The lowest BCUT2D eigenvalue weighted by Gasteiger charge is -1.99. The van der Waals surface area contributed by atoms with E-state index in [-0.39, 0.29) is 12.2 Å². The van der Waals surface area contributed by atoms with E-state index in [9.17, 15) is 9.59 Å². The summed E-state index contributed by atoms with van der Waals surface area (Å²) in [7, 11) is 1.26. The summed E-state index contributed by atoms with van der Waals surface area (Å²) in [5.74, 6) is -0.721. The largest absolute Gasteiger partial charge is 0.469 e. The molecule has 0 aromatic heterocycles. The van der Waals surface area contributed by atoms with Gasteiger partial charge in [-0.2, -0.15) is 0 Å². The molecule has 0 aromatic rings. The molecule has 0 atom stereocenters. The second kappa shape index (κ2) is 6.17. The Labute approximate surface area is 78.1 Å². The van der Waals surface area contributed by atoms with Crippen LogP contribution in [0.25, 0.3) is 0 Å². The molecule has 0 aliphatic rings. The number of esters is 1. The first kappa shape index (κ1) is 11.6. The number of methoxy groups -OCH3 is 1. The zero-order valence-electron chi connectivity index (χ0n) is 8.16. The van der Waals surface area contributed by atoms with E-state index in [1.807, 2.05) is 6.92 Å². The summed E-state index contributed by atoms with van der Waals surface area (Å²) in [6.07, 6.45) is 4.90. The summed E-state index contributed by atoms with van der Waals surface area (Å²) in [6, 6.07) is 0. The Balaban J connectivity index is 4.32. The quantitative estimate of drug-likeness (QED) is 0.287. The van der Waals surface area contributed by atoms with Crippen molar-refractivity contribution in [3.8, 4) is 0 Å². The van der Waals surface area contributed by atoms with Crippen molar-refractivity contribution in [2.75, 3.05) is 7.11 Å². The Bertz CT molecular complexity index is 249. The van der Waals surface area contributed by atoms with Crippen LogP contribution in [0.1, 0.15) is 20.3 Å². The van der Waals surface area contributed by atoms with Crippen LogP contribution in [0.2, 0.25) is 0 Å². The van der Waals surface area contributed by atoms with Crippen molar-refractivity contribution in [1.29, 1.82) is 0 Å². The molecular formula is C10H14O3. The number of ketones is 1. The summed E-state index contributed by atoms with van der Waals surface area (Å²) in [5.41, 5.74) is 0.535. The highest BCUT2D eigenvalue weighted by Crippen LogP contribution is 2.03. The van der Waals surface area contributed by atoms with Gasteiger partial charge in [-0.05, 0) is 13.8 Å². The Morgan fingerprint density at radius 1 is 1.31 bits per heavy atom. The number of hydrogen-bond donors (Lipinski definition) is 0. The number of carbonyl (C=O) groups excluding carboxylic acids is 2. The summed E-state index contributed by atoms with van der Waals surface area (Å²) in [5, 5.41) is 0. The number of rotatable bonds is 4. The fourth-order valence-electron chi connectivity index (χ4n) is 0.835. The van der Waals surface area contributed by atoms with Crippen molar-refractivity contribution < 1.29 is 14.3 Å². The summed E-state index contributed by atoms with van der Waals surface area (Å²) in [6.45, 7) is 3.57. The lowest BCUT2D eigenvalue weighted by Crippen LogP contribution is -2.10. The van der Waals surface area contributed by atoms with Gasteiger partial charge in [0, 0.05) is 5.57 Å². The standard InChI is InChI=1S/C10H14O3/c1-4-6-8(5-2)9(11)7-10(12)13-3/h4-6H,7H2,1-3H3/b6-4-,8-5+. The molecule has 0 bridgehead atoms. The second-order valence-corrected chi connectivity index (χ2v) is 2.42. The van der Waals surface area contributed by atoms with Crippen molar-refractivity contribution in [1.82, 2.24) is 0 Å². The zero-order chi connectivity index (χ0) is 10.3. The van der Waals surface area contributed by atoms with E-state index in [1.165, 1.54) is 7.11 Å². The predicted octanol–water partition coefficient (Wildman–Crippen LogP) is 1.64. The van der Waals surface area contributed by atoms with Crippen LogP contribution in [0.4, 0.5) is 0 Å². The Morgan fingerprint density at radius 3 is 2.31 bits per heavy atom. The summed E-state index contributed by atoms with van der Waals surface area (Å²) >= 11 is 0. The minimum absolute atomic E-state index is 0.194. The van der Waals surface area contributed by atoms with Gasteiger partial charge in [-0.25, -0.2) is 0 Å². The van der Waals surface area contributed by atoms with Crippen LogP contribution >= 0.6 is 0 Å². The molecule has 0 aliphatic heterocycles. The average Bonchev–Trinajstić information content (AvgIpc) is 2.13. The van der Waals surface area contributed by atoms with Gasteiger partial charge in [0.05, 0.1) is 7.11 Å². The van der Waals surface area contributed by atoms with Crippen LogP contribution in [0.3, 0.4) is 0 Å². The molecule has 0 N–H and O–H groups in total. The fourth-order valence-corrected chi connectivity index (χ4v) is 0.835. The second-order valence-electron chi connectivity index (χ2n) is 2.42. The third-order valence-corrected chi connectivity index (χ3v) is 1.51. The maximum absolute atomic E-state index is 11.3. The molecule has 0 aliphatic carbocycles. The maximum atomic E-state index is 11.3. The van der Waals surface area contributed by atoms with E-state index in [1.54, 1.807) is 25.2 Å². The molecule has 0 fully saturated rings. The molecule has 0 unspecified atom stereocenters. The number of hydrogen-bond acceptors (Lipinski definition) is 3. The van der Waals surface area contributed by atoms with Gasteiger partial charge in [0.25, 0.3) is 0 Å². The normalized spacial score (nSPS) is 11.8. The highest BCUT2D eigenvalue weighted by atomic mass is 16.5. The van der Waals surface area contributed by atoms with E-state index in [4.69, 9.17) is 0 Å². The lowest BCUT2D eigenvalue weighted by atomic mass is 10.1. The molecule has 0 amide bonds. The molecule has 72 valence electrons. The van der Waals surface area contributed by atoms with Crippen molar-refractivity contribution in [2.45, 2.75) is 20.3 Å². The highest BCUT2D eigenvalue weighted by Gasteiger charge is 2.11. The van der Waals surface area contributed by atoms with E-state index in [2.05, 4.69) is 4.74 Å². The zero-order valence-corrected chi connectivity index (χ0v) is 8.16. The van der Waals surface area contributed by atoms with Crippen LogP contribution in [-0.4, -0.2) is 18.9 Å². The highest BCUT2D eigenvalue weighted by molar-refractivity contribution is 6.07. The smallest absolute Gasteiger partial charge is 0.313 e. The topological polar surface area (TPSA) is 43.4 Å². The van der Waals surface area contributed by atoms with Crippen LogP contribution in [-0.2, 0) is 14.3 Å². The van der Waals surface area contributed by atoms with Gasteiger partial charge in [-0.3, -0.25) is 9.59 Å². The van der Waals surface area contributed by atoms with Crippen LogP contribution in [0.5, 0.6) is 0 Å². The first-order valence-electron chi connectivity index (χ1n) is 4.04. The monoisotopic (exact) mass is 182 g/mol. The first-order valence-corrected chi connectivity index (χ1v) is 4.04. The van der Waals surface area contributed by atoms with Gasteiger partial charge >= 0.3 is 5.97 Å². The van der Waals surface area contributed by atoms with E-state index in [0.717, 1.165) is 0 Å². The number of Topliss-reactive ketones (excluding diaryl/α,β-unsaturated/α-hetero) is 1. The third kappa shape index (κ3) is 4.25. The van der Waals surface area contributed by atoms with Gasteiger partial charge in [0.2, 0.25) is 0 Å². The fraction of sp³-hybridized carbons (Fsp3) is 0.400.